The van der Waals surface area contributed by atoms with E-state index in [2.05, 4.69) is 5.32 Å². The lowest BCUT2D eigenvalue weighted by atomic mass is 9.84. The Morgan fingerprint density at radius 3 is 2.32 bits per heavy atom. The van der Waals surface area contributed by atoms with Crippen LogP contribution in [0.3, 0.4) is 0 Å². The first-order valence-corrected chi connectivity index (χ1v) is 18.0. The van der Waals surface area contributed by atoms with Gasteiger partial charge in [0.25, 0.3) is 11.7 Å². The number of allylic oxidation sites excluding steroid dienone is 4. The minimum Gasteiger partial charge on any atom is -0.462 e. The minimum atomic E-state index is -2.09. The number of carbonyl (C=O) groups is 6. The molecule has 1 aliphatic carbocycles. The molecule has 4 aliphatic rings. The molecule has 3 N–H and O–H groups in total. The van der Waals surface area contributed by atoms with Crippen molar-refractivity contribution in [1.82, 2.24) is 5.32 Å². The number of hydrogen-bond donors (Lipinski definition) is 3. The quantitative estimate of drug-likeness (QED) is 0.285. The molecule has 0 radical (unpaired) electrons. The number of nitrogens with one attached hydrogen (secondary N) is 1. The first-order valence-electron chi connectivity index (χ1n) is 18.0. The van der Waals surface area contributed by atoms with Gasteiger partial charge in [-0.15, -0.1) is 0 Å². The fourth-order valence-corrected chi connectivity index (χ4v) is 6.68. The largest absolute Gasteiger partial charge is 0.462 e. The summed E-state index contributed by atoms with van der Waals surface area (Å²) in [7, 11) is 1.41. The Hall–Kier alpha value is -5.70. The van der Waals surface area contributed by atoms with Crippen molar-refractivity contribution < 1.29 is 62.7 Å². The molecule has 6 atom stereocenters. The van der Waals surface area contributed by atoms with Crippen molar-refractivity contribution in [1.29, 1.82) is 0 Å². The number of methoxy groups -OCH3 is 1. The molecule has 296 valence electrons. The molecule has 3 aliphatic heterocycles. The van der Waals surface area contributed by atoms with Gasteiger partial charge < -0.3 is 39.2 Å². The standard InChI is InChI=1S/C42H45NO13/c1-21-12-14-26(15-13-21)41(51)55-37-24(4)38-35-33-30(47)20-29(36(48)34(33)37)43-40(50)22(2)10-8-9-11-27(45)18-28(46)19-32(54-25(5)44)23(3)31(52-7)16-17-53-42(6,56-38)39(35)49/h8-10,12-17,20,23,27-28,31-32,45-46H,11,18-19H2,1-7H3,(H,43,50). The number of benzene rings is 2. The van der Waals surface area contributed by atoms with Crippen LogP contribution in [-0.4, -0.2) is 82.7 Å². The lowest BCUT2D eigenvalue weighted by Crippen LogP contribution is -2.39. The molecule has 2 aromatic carbocycles. The Balaban J connectivity index is 1.62. The number of aryl methyl sites for hydroxylation is 1. The number of aliphatic hydroxyl groups excluding tert-OH is 2. The predicted octanol–water partition coefficient (Wildman–Crippen LogP) is 4.71. The van der Waals surface area contributed by atoms with E-state index in [1.54, 1.807) is 25.1 Å². The highest BCUT2D eigenvalue weighted by molar-refractivity contribution is 6.31. The summed E-state index contributed by atoms with van der Waals surface area (Å²) in [6.45, 7) is 9.02. The molecule has 0 spiro atoms. The van der Waals surface area contributed by atoms with Crippen LogP contribution in [0.5, 0.6) is 11.5 Å². The van der Waals surface area contributed by atoms with Gasteiger partial charge in [0.1, 0.15) is 17.6 Å². The summed E-state index contributed by atoms with van der Waals surface area (Å²) in [5.41, 5.74) is -0.320. The third-order valence-corrected chi connectivity index (χ3v) is 9.85. The van der Waals surface area contributed by atoms with Crippen LogP contribution in [0.4, 0.5) is 0 Å². The van der Waals surface area contributed by atoms with Crippen molar-refractivity contribution in [2.75, 3.05) is 7.11 Å². The minimum absolute atomic E-state index is 0.0340. The zero-order chi connectivity index (χ0) is 41.1. The number of amides is 1. The maximum Gasteiger partial charge on any atom is 0.343 e. The third-order valence-electron chi connectivity index (χ3n) is 9.85. The van der Waals surface area contributed by atoms with E-state index < -0.39 is 88.1 Å². The molecule has 1 amide bonds. The van der Waals surface area contributed by atoms with E-state index in [0.29, 0.717) is 0 Å². The number of rotatable bonds is 4. The van der Waals surface area contributed by atoms with Crippen molar-refractivity contribution in [3.8, 4) is 11.5 Å². The van der Waals surface area contributed by atoms with E-state index in [1.807, 2.05) is 6.92 Å². The molecule has 3 heterocycles. The SMILES string of the molecule is COC1C=COC2(C)Oc3c(C)c(OC(=O)c4ccc(C)cc4)c4c(c3C2=O)C(=O)C=C(NC(=O)C(C)=CC=CCC(O)CC(O)CC(OC(C)=O)C1C)C4=O. The monoisotopic (exact) mass is 771 g/mol. The third kappa shape index (κ3) is 8.72. The Morgan fingerprint density at radius 1 is 0.964 bits per heavy atom. The Bertz CT molecular complexity index is 2080. The van der Waals surface area contributed by atoms with Crippen molar-refractivity contribution in [3.05, 3.63) is 106 Å². The molecule has 14 nitrogen and oxygen atoms in total. The van der Waals surface area contributed by atoms with Gasteiger partial charge in [-0.1, -0.05) is 42.8 Å². The molecule has 0 aromatic heterocycles. The number of carbonyl (C=O) groups excluding carboxylic acids is 6. The molecule has 0 saturated carbocycles. The molecule has 14 heteroatoms. The maximum absolute atomic E-state index is 14.2. The average Bonchev–Trinajstić information content (AvgIpc) is 3.40. The summed E-state index contributed by atoms with van der Waals surface area (Å²) in [5, 5.41) is 23.9. The van der Waals surface area contributed by atoms with Gasteiger partial charge in [-0.3, -0.25) is 24.0 Å². The van der Waals surface area contributed by atoms with Crippen LogP contribution in [0.2, 0.25) is 0 Å². The molecule has 0 saturated heterocycles. The number of fused-ring (bicyclic) bond motifs is 14. The number of ether oxygens (including phenoxy) is 5. The van der Waals surface area contributed by atoms with Crippen LogP contribution in [0, 0.1) is 19.8 Å². The fraction of sp³-hybridized carbons (Fsp3) is 0.381. The smallest absolute Gasteiger partial charge is 0.343 e. The second-order valence-electron chi connectivity index (χ2n) is 14.2. The Kier molecular flexibility index (Phi) is 12.6. The number of hydrogen-bond acceptors (Lipinski definition) is 13. The summed E-state index contributed by atoms with van der Waals surface area (Å²) in [6, 6.07) is 6.45. The summed E-state index contributed by atoms with van der Waals surface area (Å²) < 4.78 is 29.0. The molecule has 6 unspecified atom stereocenters. The van der Waals surface area contributed by atoms with Crippen molar-refractivity contribution in [2.45, 2.75) is 91.0 Å². The van der Waals surface area contributed by atoms with Gasteiger partial charge in [0.05, 0.1) is 52.5 Å². The summed E-state index contributed by atoms with van der Waals surface area (Å²) in [5.74, 6) is -7.92. The van der Waals surface area contributed by atoms with Crippen LogP contribution < -0.4 is 14.8 Å². The van der Waals surface area contributed by atoms with Gasteiger partial charge in [0, 0.05) is 50.5 Å². The normalized spacial score (nSPS) is 25.8. The summed E-state index contributed by atoms with van der Waals surface area (Å²) in [4.78, 5) is 81.2. The number of Topliss-reactive ketones (excluding diaryl/α,β-unsaturated/α-hetero) is 2. The topological polar surface area (TPSA) is 201 Å². The molecule has 56 heavy (non-hydrogen) atoms. The van der Waals surface area contributed by atoms with Gasteiger partial charge >= 0.3 is 17.7 Å². The van der Waals surface area contributed by atoms with Gasteiger partial charge in [-0.2, -0.15) is 0 Å². The van der Waals surface area contributed by atoms with Crippen molar-refractivity contribution in [3.63, 3.8) is 0 Å². The Morgan fingerprint density at radius 2 is 1.66 bits per heavy atom. The maximum atomic E-state index is 14.2. The van der Waals surface area contributed by atoms with Gasteiger partial charge in [0.15, 0.2) is 5.78 Å². The van der Waals surface area contributed by atoms with Crippen molar-refractivity contribution in [2.24, 2.45) is 5.92 Å². The van der Waals surface area contributed by atoms with E-state index >= 15 is 0 Å². The zero-order valence-electron chi connectivity index (χ0n) is 32.2. The highest BCUT2D eigenvalue weighted by Gasteiger charge is 2.52. The van der Waals surface area contributed by atoms with E-state index in [-0.39, 0.29) is 53.0 Å². The number of aliphatic hydroxyl groups is 2. The van der Waals surface area contributed by atoms with Crippen molar-refractivity contribution >= 4 is 35.2 Å². The van der Waals surface area contributed by atoms with Crippen LogP contribution >= 0.6 is 0 Å². The lowest BCUT2D eigenvalue weighted by molar-refractivity contribution is -0.153. The van der Waals surface area contributed by atoms with Crippen LogP contribution in [-0.2, 0) is 23.8 Å². The number of esters is 2. The Labute approximate surface area is 323 Å². The van der Waals surface area contributed by atoms with Gasteiger partial charge in [-0.05, 0) is 51.8 Å². The second-order valence-corrected chi connectivity index (χ2v) is 14.2. The predicted molar refractivity (Wildman–Crippen MR) is 200 cm³/mol. The summed E-state index contributed by atoms with van der Waals surface area (Å²) >= 11 is 0. The zero-order valence-corrected chi connectivity index (χ0v) is 32.2. The number of ketones is 3. The van der Waals surface area contributed by atoms with Gasteiger partial charge in [0.2, 0.25) is 5.78 Å². The highest BCUT2D eigenvalue weighted by atomic mass is 16.7. The van der Waals surface area contributed by atoms with Crippen LogP contribution in [0.1, 0.15) is 99.5 Å². The molecule has 5 bridgehead atoms. The molecule has 2 aromatic rings. The molecular formula is C42H45NO13. The average molecular weight is 772 g/mol. The fourth-order valence-electron chi connectivity index (χ4n) is 6.68. The van der Waals surface area contributed by atoms with E-state index in [9.17, 15) is 39.0 Å². The van der Waals surface area contributed by atoms with E-state index in [4.69, 9.17) is 23.7 Å². The lowest BCUT2D eigenvalue weighted by Gasteiger charge is -2.30. The molecule has 0 fully saturated rings. The highest BCUT2D eigenvalue weighted by Crippen LogP contribution is 2.48. The van der Waals surface area contributed by atoms with Gasteiger partial charge in [-0.25, -0.2) is 4.79 Å². The van der Waals surface area contributed by atoms with Crippen LogP contribution in [0.15, 0.2) is 72.2 Å². The molecular weight excluding hydrogens is 726 g/mol. The van der Waals surface area contributed by atoms with E-state index in [1.165, 1.54) is 65.2 Å². The second kappa shape index (κ2) is 17.0. The first kappa shape index (κ1) is 41.5. The first-order chi connectivity index (χ1) is 26.4. The summed E-state index contributed by atoms with van der Waals surface area (Å²) in [6.07, 6.45) is 4.33. The van der Waals surface area contributed by atoms with E-state index in [0.717, 1.165) is 17.9 Å². The molecule has 6 rings (SSSR count). The van der Waals surface area contributed by atoms with Crippen LogP contribution in [0.25, 0.3) is 0 Å².